The van der Waals surface area contributed by atoms with Crippen LogP contribution in [0, 0.1) is 0 Å². The quantitative estimate of drug-likeness (QED) is 0.282. The van der Waals surface area contributed by atoms with Gasteiger partial charge in [-0.2, -0.15) is 0 Å². The van der Waals surface area contributed by atoms with Gasteiger partial charge >= 0.3 is 0 Å². The molecule has 0 spiro atoms. The number of halogens is 1. The van der Waals surface area contributed by atoms with Gasteiger partial charge in [0.2, 0.25) is 0 Å². The lowest BCUT2D eigenvalue weighted by molar-refractivity contribution is 0.810. The molecular weight excluding hydrogens is 436 g/mol. The second kappa shape index (κ2) is 6.67. The van der Waals surface area contributed by atoms with Crippen LogP contribution in [-0.4, -0.2) is 15.0 Å². The SMILES string of the molecule is CCC1C=C(c2c[nH]c3ccc(Br)cc23)Nc2c1c1cccnc1c1ncccc21. The first kappa shape index (κ1) is 17.7. The lowest BCUT2D eigenvalue weighted by atomic mass is 9.85. The van der Waals surface area contributed by atoms with Crippen LogP contribution in [0.15, 0.2) is 71.6 Å². The number of hydrogen-bond acceptors (Lipinski definition) is 3. The highest BCUT2D eigenvalue weighted by Gasteiger charge is 2.26. The molecule has 0 fully saturated rings. The minimum atomic E-state index is 0.296. The summed E-state index contributed by atoms with van der Waals surface area (Å²) in [5.41, 5.74) is 7.81. The highest BCUT2D eigenvalue weighted by Crippen LogP contribution is 2.46. The number of nitrogens with zero attached hydrogens (tertiary/aromatic N) is 2. The second-order valence-corrected chi connectivity index (χ2v) is 8.62. The van der Waals surface area contributed by atoms with Gasteiger partial charge in [0.25, 0.3) is 0 Å². The van der Waals surface area contributed by atoms with Crippen molar-refractivity contribution in [2.24, 2.45) is 0 Å². The fraction of sp³-hybridized carbons (Fsp3) is 0.120. The summed E-state index contributed by atoms with van der Waals surface area (Å²) in [6.45, 7) is 2.25. The molecule has 2 N–H and O–H groups in total. The summed E-state index contributed by atoms with van der Waals surface area (Å²) >= 11 is 3.62. The Balaban J connectivity index is 1.65. The summed E-state index contributed by atoms with van der Waals surface area (Å²) in [5, 5.41) is 7.26. The molecule has 0 saturated carbocycles. The van der Waals surface area contributed by atoms with E-state index in [1.165, 1.54) is 21.9 Å². The normalized spacial score (nSPS) is 15.9. The van der Waals surface area contributed by atoms with Crippen molar-refractivity contribution in [2.45, 2.75) is 19.3 Å². The number of aromatic nitrogens is 3. The molecule has 4 nitrogen and oxygen atoms in total. The summed E-state index contributed by atoms with van der Waals surface area (Å²) < 4.78 is 1.08. The van der Waals surface area contributed by atoms with Gasteiger partial charge in [-0.05, 0) is 48.4 Å². The Kier molecular flexibility index (Phi) is 3.93. The van der Waals surface area contributed by atoms with Crippen molar-refractivity contribution in [3.05, 3.63) is 82.7 Å². The number of nitrogens with one attached hydrogen (secondary N) is 2. The molecule has 6 rings (SSSR count). The highest BCUT2D eigenvalue weighted by atomic mass is 79.9. The van der Waals surface area contributed by atoms with E-state index in [-0.39, 0.29) is 0 Å². The average Bonchev–Trinajstić information content (AvgIpc) is 3.21. The summed E-state index contributed by atoms with van der Waals surface area (Å²) in [7, 11) is 0. The van der Waals surface area contributed by atoms with E-state index < -0.39 is 0 Å². The molecule has 1 unspecified atom stereocenters. The molecule has 1 aliphatic heterocycles. The third kappa shape index (κ3) is 2.52. The Bertz CT molecular complexity index is 1480. The van der Waals surface area contributed by atoms with Crippen molar-refractivity contribution < 1.29 is 0 Å². The van der Waals surface area contributed by atoms with Gasteiger partial charge in [-0.25, -0.2) is 0 Å². The van der Waals surface area contributed by atoms with E-state index in [4.69, 9.17) is 0 Å². The monoisotopic (exact) mass is 454 g/mol. The van der Waals surface area contributed by atoms with Gasteiger partial charge in [-0.3, -0.25) is 9.97 Å². The van der Waals surface area contributed by atoms with E-state index in [1.807, 2.05) is 24.5 Å². The van der Waals surface area contributed by atoms with E-state index in [0.29, 0.717) is 5.92 Å². The molecular formula is C25H19BrN4. The molecule has 0 amide bonds. The van der Waals surface area contributed by atoms with Crippen LogP contribution in [0.25, 0.3) is 38.4 Å². The topological polar surface area (TPSA) is 53.6 Å². The number of fused-ring (bicyclic) bond motifs is 7. The number of hydrogen-bond donors (Lipinski definition) is 2. The summed E-state index contributed by atoms with van der Waals surface area (Å²) in [6, 6.07) is 14.7. The molecule has 0 saturated heterocycles. The van der Waals surface area contributed by atoms with Gasteiger partial charge in [-0.1, -0.05) is 35.0 Å². The van der Waals surface area contributed by atoms with Crippen LogP contribution in [0.4, 0.5) is 5.69 Å². The predicted octanol–water partition coefficient (Wildman–Crippen LogP) is 6.99. The lowest BCUT2D eigenvalue weighted by Crippen LogP contribution is -2.13. The minimum absolute atomic E-state index is 0.296. The first-order valence-corrected chi connectivity index (χ1v) is 10.9. The molecule has 2 aromatic carbocycles. The molecule has 3 aromatic heterocycles. The van der Waals surface area contributed by atoms with Gasteiger partial charge in [-0.15, -0.1) is 0 Å². The summed E-state index contributed by atoms with van der Waals surface area (Å²) in [6.07, 6.45) is 9.17. The maximum Gasteiger partial charge on any atom is 0.0985 e. The Morgan fingerprint density at radius 2 is 1.73 bits per heavy atom. The number of allylic oxidation sites excluding steroid dienone is 1. The van der Waals surface area contributed by atoms with Crippen molar-refractivity contribution in [1.29, 1.82) is 0 Å². The third-order valence-electron chi connectivity index (χ3n) is 6.04. The van der Waals surface area contributed by atoms with Crippen LogP contribution in [-0.2, 0) is 0 Å². The van der Waals surface area contributed by atoms with Crippen LogP contribution in [0.2, 0.25) is 0 Å². The largest absolute Gasteiger partial charge is 0.360 e. The Morgan fingerprint density at radius 3 is 2.53 bits per heavy atom. The van der Waals surface area contributed by atoms with E-state index in [9.17, 15) is 0 Å². The van der Waals surface area contributed by atoms with E-state index in [2.05, 4.69) is 85.7 Å². The van der Waals surface area contributed by atoms with Crippen LogP contribution in [0.3, 0.4) is 0 Å². The Hall–Kier alpha value is -3.18. The number of aromatic amines is 1. The van der Waals surface area contributed by atoms with Gasteiger partial charge < -0.3 is 10.3 Å². The fourth-order valence-electron chi connectivity index (χ4n) is 4.66. The molecule has 1 aliphatic rings. The number of H-pyrrole nitrogens is 1. The zero-order chi connectivity index (χ0) is 20.2. The zero-order valence-electron chi connectivity index (χ0n) is 16.4. The van der Waals surface area contributed by atoms with Crippen molar-refractivity contribution in [2.75, 3.05) is 5.32 Å². The molecule has 146 valence electrons. The average molecular weight is 455 g/mol. The summed E-state index contributed by atoms with van der Waals surface area (Å²) in [4.78, 5) is 12.8. The number of pyridine rings is 2. The third-order valence-corrected chi connectivity index (χ3v) is 6.53. The number of benzene rings is 2. The predicted molar refractivity (Wildman–Crippen MR) is 128 cm³/mol. The van der Waals surface area contributed by atoms with Crippen molar-refractivity contribution in [3.63, 3.8) is 0 Å². The smallest absolute Gasteiger partial charge is 0.0985 e. The molecule has 4 heterocycles. The maximum atomic E-state index is 4.68. The maximum absolute atomic E-state index is 4.68. The first-order chi connectivity index (χ1) is 14.7. The molecule has 0 aliphatic carbocycles. The van der Waals surface area contributed by atoms with Crippen molar-refractivity contribution in [3.8, 4) is 0 Å². The molecule has 5 heteroatoms. The molecule has 0 radical (unpaired) electrons. The Morgan fingerprint density at radius 1 is 0.967 bits per heavy atom. The number of anilines is 1. The van der Waals surface area contributed by atoms with Gasteiger partial charge in [0.05, 0.1) is 16.7 Å². The molecule has 0 bridgehead atoms. The molecule has 1 atom stereocenters. The fourth-order valence-corrected chi connectivity index (χ4v) is 5.02. The van der Waals surface area contributed by atoms with Crippen LogP contribution < -0.4 is 5.32 Å². The van der Waals surface area contributed by atoms with Crippen LogP contribution in [0.5, 0.6) is 0 Å². The standard InChI is InChI=1S/C25H19BrN4/c1-2-14-11-21(19-13-29-20-8-7-15(26)12-18(19)20)30-23-17-6-4-10-28-25(17)24-16(22(14)23)5-3-9-27-24/h3-14,29-30H,2H2,1H3. The zero-order valence-corrected chi connectivity index (χ0v) is 18.0. The minimum Gasteiger partial charge on any atom is -0.360 e. The lowest BCUT2D eigenvalue weighted by Gasteiger charge is -2.28. The summed E-state index contributed by atoms with van der Waals surface area (Å²) in [5.74, 6) is 0.296. The van der Waals surface area contributed by atoms with Gasteiger partial charge in [0, 0.05) is 61.9 Å². The number of rotatable bonds is 2. The van der Waals surface area contributed by atoms with E-state index >= 15 is 0 Å². The van der Waals surface area contributed by atoms with Crippen LogP contribution in [0.1, 0.15) is 30.4 Å². The van der Waals surface area contributed by atoms with Gasteiger partial charge in [0.15, 0.2) is 0 Å². The Labute approximate surface area is 182 Å². The van der Waals surface area contributed by atoms with Crippen LogP contribution >= 0.6 is 15.9 Å². The second-order valence-electron chi connectivity index (χ2n) is 7.70. The van der Waals surface area contributed by atoms with Crippen molar-refractivity contribution >= 4 is 60.0 Å². The first-order valence-electron chi connectivity index (χ1n) is 10.2. The van der Waals surface area contributed by atoms with Gasteiger partial charge in [0.1, 0.15) is 0 Å². The van der Waals surface area contributed by atoms with E-state index in [0.717, 1.165) is 44.2 Å². The van der Waals surface area contributed by atoms with Crippen molar-refractivity contribution in [1.82, 2.24) is 15.0 Å². The highest BCUT2D eigenvalue weighted by molar-refractivity contribution is 9.10. The molecule has 5 aromatic rings. The van der Waals surface area contributed by atoms with E-state index in [1.54, 1.807) is 0 Å². The molecule has 30 heavy (non-hydrogen) atoms.